The van der Waals surface area contributed by atoms with Crippen LogP contribution in [-0.2, 0) is 9.59 Å². The topological polar surface area (TPSA) is 124 Å². The molecule has 1 aromatic heterocycles. The number of nitrogens with one attached hydrogen (secondary N) is 2. The highest BCUT2D eigenvalue weighted by atomic mass is 19.1. The fourth-order valence-electron chi connectivity index (χ4n) is 2.62. The largest absolute Gasteiger partial charge is 0.457 e. The summed E-state index contributed by atoms with van der Waals surface area (Å²) in [6, 6.07) is 15.6. The van der Waals surface area contributed by atoms with Crippen molar-refractivity contribution in [2.45, 2.75) is 6.04 Å². The molecule has 0 saturated carbocycles. The second-order valence-electron chi connectivity index (χ2n) is 6.33. The van der Waals surface area contributed by atoms with Crippen LogP contribution in [0.4, 0.5) is 10.1 Å². The maximum atomic E-state index is 13.0. The Kier molecular flexibility index (Phi) is 6.88. The minimum atomic E-state index is -0.954. The Labute approximate surface area is 176 Å². The summed E-state index contributed by atoms with van der Waals surface area (Å²) in [5.74, 6) is -1.45. The lowest BCUT2D eigenvalue weighted by Gasteiger charge is -2.16. The number of hydrogen-bond donors (Lipinski definition) is 3. The summed E-state index contributed by atoms with van der Waals surface area (Å²) in [4.78, 5) is 28.2. The van der Waals surface area contributed by atoms with Gasteiger partial charge >= 0.3 is 11.8 Å². The van der Waals surface area contributed by atoms with Crippen LogP contribution in [0.2, 0.25) is 0 Å². The molecule has 2 aromatic carbocycles. The number of hydrogen-bond acceptors (Lipinski definition) is 6. The van der Waals surface area contributed by atoms with E-state index < -0.39 is 30.3 Å². The first kappa shape index (κ1) is 21.4. The van der Waals surface area contributed by atoms with E-state index >= 15 is 0 Å². The number of amides is 2. The van der Waals surface area contributed by atoms with Crippen LogP contribution in [-0.4, -0.2) is 28.5 Å². The van der Waals surface area contributed by atoms with Crippen LogP contribution in [0.1, 0.15) is 17.3 Å². The molecule has 0 aliphatic rings. The van der Waals surface area contributed by atoms with Gasteiger partial charge in [-0.15, -0.1) is 0 Å². The van der Waals surface area contributed by atoms with Crippen LogP contribution in [0.25, 0.3) is 0 Å². The number of carbonyl (C=O) groups is 2. The maximum Gasteiger partial charge on any atom is 0.313 e. The number of anilines is 1. The van der Waals surface area contributed by atoms with Crippen molar-refractivity contribution >= 4 is 17.5 Å². The van der Waals surface area contributed by atoms with Gasteiger partial charge in [-0.25, -0.2) is 9.37 Å². The van der Waals surface area contributed by atoms with Gasteiger partial charge < -0.3 is 20.5 Å². The summed E-state index contributed by atoms with van der Waals surface area (Å²) >= 11 is 0. The molecule has 3 aromatic rings. The Balaban J connectivity index is 1.58. The summed E-state index contributed by atoms with van der Waals surface area (Å²) in [7, 11) is 0. The third-order valence-electron chi connectivity index (χ3n) is 4.16. The first-order chi connectivity index (χ1) is 15.0. The number of ether oxygens (including phenoxy) is 1. The number of carbonyl (C=O) groups excluding carboxylic acids is 2. The van der Waals surface area contributed by atoms with Gasteiger partial charge in [0.1, 0.15) is 29.1 Å². The fourth-order valence-corrected chi connectivity index (χ4v) is 2.62. The molecule has 3 rings (SSSR count). The average molecular weight is 420 g/mol. The highest BCUT2D eigenvalue weighted by Gasteiger charge is 2.19. The Bertz CT molecular complexity index is 1110. The van der Waals surface area contributed by atoms with E-state index in [1.54, 1.807) is 18.2 Å². The Hall–Kier alpha value is -4.29. The third kappa shape index (κ3) is 5.85. The molecule has 2 amide bonds. The average Bonchev–Trinajstić information content (AvgIpc) is 2.79. The van der Waals surface area contributed by atoms with E-state index in [9.17, 15) is 19.1 Å². The SMILES string of the molecule is N#Cc1cc(Oc2ccc(NC(=O)C(=O)NC(CO)c3ccc(F)cc3)cc2)ccn1. The van der Waals surface area contributed by atoms with E-state index in [0.29, 0.717) is 22.7 Å². The van der Waals surface area contributed by atoms with E-state index in [-0.39, 0.29) is 5.69 Å². The van der Waals surface area contributed by atoms with Crippen LogP contribution in [0.15, 0.2) is 66.9 Å². The number of nitriles is 1. The number of benzene rings is 2. The number of rotatable bonds is 6. The number of aliphatic hydroxyl groups is 1. The van der Waals surface area contributed by atoms with Gasteiger partial charge in [-0.1, -0.05) is 12.1 Å². The van der Waals surface area contributed by atoms with Crippen molar-refractivity contribution in [1.82, 2.24) is 10.3 Å². The van der Waals surface area contributed by atoms with Gasteiger partial charge in [0.2, 0.25) is 0 Å². The molecule has 0 spiro atoms. The van der Waals surface area contributed by atoms with Crippen molar-refractivity contribution in [3.05, 3.63) is 83.9 Å². The predicted molar refractivity (Wildman–Crippen MR) is 108 cm³/mol. The normalized spacial score (nSPS) is 11.1. The molecule has 0 fully saturated rings. The minimum Gasteiger partial charge on any atom is -0.457 e. The second kappa shape index (κ2) is 9.96. The lowest BCUT2D eigenvalue weighted by molar-refractivity contribution is -0.136. The Morgan fingerprint density at radius 2 is 1.77 bits per heavy atom. The summed E-state index contributed by atoms with van der Waals surface area (Å²) in [6.45, 7) is -0.459. The van der Waals surface area contributed by atoms with Crippen molar-refractivity contribution in [2.75, 3.05) is 11.9 Å². The van der Waals surface area contributed by atoms with Crippen LogP contribution >= 0.6 is 0 Å². The van der Waals surface area contributed by atoms with Crippen LogP contribution < -0.4 is 15.4 Å². The van der Waals surface area contributed by atoms with Gasteiger partial charge in [-0.05, 0) is 48.0 Å². The van der Waals surface area contributed by atoms with E-state index in [2.05, 4.69) is 15.6 Å². The fraction of sp³-hybridized carbons (Fsp3) is 0.0909. The monoisotopic (exact) mass is 420 g/mol. The number of nitrogens with zero attached hydrogens (tertiary/aromatic N) is 2. The van der Waals surface area contributed by atoms with Crippen LogP contribution in [0.3, 0.4) is 0 Å². The molecular formula is C22H17FN4O4. The van der Waals surface area contributed by atoms with Gasteiger partial charge in [-0.2, -0.15) is 5.26 Å². The molecule has 0 aliphatic carbocycles. The zero-order chi connectivity index (χ0) is 22.2. The van der Waals surface area contributed by atoms with Crippen molar-refractivity contribution in [1.29, 1.82) is 5.26 Å². The third-order valence-corrected chi connectivity index (χ3v) is 4.16. The quantitative estimate of drug-likeness (QED) is 0.527. The number of halogens is 1. The summed E-state index contributed by atoms with van der Waals surface area (Å²) in [5, 5.41) is 23.2. The molecule has 0 aliphatic heterocycles. The molecule has 31 heavy (non-hydrogen) atoms. The molecule has 156 valence electrons. The van der Waals surface area contributed by atoms with Gasteiger partial charge in [0, 0.05) is 18.0 Å². The Morgan fingerprint density at radius 1 is 1.06 bits per heavy atom. The molecule has 0 bridgehead atoms. The molecular weight excluding hydrogens is 403 g/mol. The van der Waals surface area contributed by atoms with Crippen molar-refractivity contribution in [3.8, 4) is 17.6 Å². The summed E-state index contributed by atoms with van der Waals surface area (Å²) in [6.07, 6.45) is 1.45. The van der Waals surface area contributed by atoms with Gasteiger partial charge in [0.15, 0.2) is 0 Å². The molecule has 1 heterocycles. The first-order valence-corrected chi connectivity index (χ1v) is 9.10. The highest BCUT2D eigenvalue weighted by Crippen LogP contribution is 2.23. The maximum absolute atomic E-state index is 13.0. The lowest BCUT2D eigenvalue weighted by Crippen LogP contribution is -2.39. The summed E-state index contributed by atoms with van der Waals surface area (Å²) in [5.41, 5.74) is 1.03. The van der Waals surface area contributed by atoms with E-state index in [1.807, 2.05) is 6.07 Å². The standard InChI is InChI=1S/C22H17FN4O4/c23-15-3-1-14(2-4-15)20(13-28)27-22(30)21(29)26-16-5-7-18(8-6-16)31-19-9-10-25-17(11-19)12-24/h1-11,20,28H,13H2,(H,26,29)(H,27,30). The predicted octanol–water partition coefficient (Wildman–Crippen LogP) is 2.67. The second-order valence-corrected chi connectivity index (χ2v) is 6.33. The van der Waals surface area contributed by atoms with Crippen molar-refractivity contribution < 1.29 is 23.8 Å². The molecule has 9 heteroatoms. The van der Waals surface area contributed by atoms with Crippen LogP contribution in [0, 0.1) is 17.1 Å². The smallest absolute Gasteiger partial charge is 0.313 e. The van der Waals surface area contributed by atoms with E-state index in [0.717, 1.165) is 0 Å². The number of pyridine rings is 1. The van der Waals surface area contributed by atoms with Crippen LogP contribution in [0.5, 0.6) is 11.5 Å². The highest BCUT2D eigenvalue weighted by molar-refractivity contribution is 6.39. The van der Waals surface area contributed by atoms with Crippen molar-refractivity contribution in [2.24, 2.45) is 0 Å². The molecule has 0 saturated heterocycles. The number of aliphatic hydroxyl groups excluding tert-OH is 1. The zero-order valence-electron chi connectivity index (χ0n) is 16.1. The van der Waals surface area contributed by atoms with Gasteiger partial charge in [0.05, 0.1) is 12.6 Å². The molecule has 0 radical (unpaired) electrons. The molecule has 3 N–H and O–H groups in total. The summed E-state index contributed by atoms with van der Waals surface area (Å²) < 4.78 is 18.6. The number of aromatic nitrogens is 1. The van der Waals surface area contributed by atoms with E-state index in [1.165, 1.54) is 48.7 Å². The molecule has 8 nitrogen and oxygen atoms in total. The van der Waals surface area contributed by atoms with Gasteiger partial charge in [-0.3, -0.25) is 9.59 Å². The zero-order valence-corrected chi connectivity index (χ0v) is 16.1. The van der Waals surface area contributed by atoms with Gasteiger partial charge in [0.25, 0.3) is 0 Å². The van der Waals surface area contributed by atoms with E-state index in [4.69, 9.17) is 10.00 Å². The molecule has 1 atom stereocenters. The Morgan fingerprint density at radius 3 is 2.42 bits per heavy atom. The minimum absolute atomic E-state index is 0.217. The lowest BCUT2D eigenvalue weighted by atomic mass is 10.1. The molecule has 1 unspecified atom stereocenters. The van der Waals surface area contributed by atoms with Crippen molar-refractivity contribution in [3.63, 3.8) is 0 Å². The first-order valence-electron chi connectivity index (χ1n) is 9.10.